The summed E-state index contributed by atoms with van der Waals surface area (Å²) in [4.78, 5) is 2.24. The van der Waals surface area contributed by atoms with Crippen molar-refractivity contribution < 1.29 is 37.9 Å². The lowest BCUT2D eigenvalue weighted by Crippen LogP contribution is -2.12. The van der Waals surface area contributed by atoms with E-state index in [9.17, 15) is 0 Å². The molecule has 0 saturated carbocycles. The third-order valence-electron chi connectivity index (χ3n) is 8.61. The average molecular weight is 721 g/mol. The third-order valence-corrected chi connectivity index (χ3v) is 8.61. The van der Waals surface area contributed by atoms with Crippen molar-refractivity contribution in [3.8, 4) is 22.9 Å². The van der Waals surface area contributed by atoms with E-state index in [-0.39, 0.29) is 0 Å². The van der Waals surface area contributed by atoms with Crippen LogP contribution in [0.25, 0.3) is 27.5 Å². The average Bonchev–Trinajstić information content (AvgIpc) is 3.53. The molecule has 0 radical (unpaired) electrons. The Morgan fingerprint density at radius 1 is 0.415 bits per heavy atom. The van der Waals surface area contributed by atoms with E-state index < -0.39 is 0 Å². The molecular formula is C43H48N2O8. The molecule has 0 aliphatic carbocycles. The van der Waals surface area contributed by atoms with E-state index in [2.05, 4.69) is 88.3 Å². The number of benzene rings is 5. The molecule has 0 amide bonds. The minimum atomic E-state index is 0.458. The van der Waals surface area contributed by atoms with Crippen LogP contribution in [-0.4, -0.2) is 92.0 Å². The van der Waals surface area contributed by atoms with Crippen LogP contribution in [0.15, 0.2) is 115 Å². The second kappa shape index (κ2) is 19.7. The standard InChI is InChI=1S/C43H48N2O8/c1-46-22-25-49-26-27-50-28-31-53-39-19-12-35(13-20-39)45-42-7-5-4-6-40(42)41-32-36(14-21-43(41)45)44(33-8-15-37(16-9-33)51-29-23-47-2)34-10-17-38(18-11-34)52-30-24-48-3/h4-21,32H,22-31H2,1-3H3. The van der Waals surface area contributed by atoms with Crippen LogP contribution in [0.5, 0.6) is 17.2 Å². The fourth-order valence-electron chi connectivity index (χ4n) is 6.07. The zero-order valence-corrected chi connectivity index (χ0v) is 30.7. The molecule has 0 bridgehead atoms. The second-order valence-corrected chi connectivity index (χ2v) is 12.1. The maximum Gasteiger partial charge on any atom is 0.119 e. The van der Waals surface area contributed by atoms with Crippen molar-refractivity contribution in [2.24, 2.45) is 0 Å². The molecule has 278 valence electrons. The summed E-state index contributed by atoms with van der Waals surface area (Å²) in [5.41, 5.74) is 6.29. The molecule has 5 aromatic carbocycles. The minimum absolute atomic E-state index is 0.458. The molecule has 10 nitrogen and oxygen atoms in total. The van der Waals surface area contributed by atoms with E-state index >= 15 is 0 Å². The number of nitrogens with zero attached hydrogens (tertiary/aromatic N) is 2. The summed E-state index contributed by atoms with van der Waals surface area (Å²) in [6.07, 6.45) is 0. The Hall–Kier alpha value is -5.10. The number of ether oxygens (including phenoxy) is 8. The van der Waals surface area contributed by atoms with Gasteiger partial charge in [-0.15, -0.1) is 0 Å². The molecule has 0 unspecified atom stereocenters. The van der Waals surface area contributed by atoms with Gasteiger partial charge in [0.05, 0.1) is 57.3 Å². The number of rotatable bonds is 22. The zero-order valence-electron chi connectivity index (χ0n) is 30.7. The molecule has 1 aromatic heterocycles. The Morgan fingerprint density at radius 2 is 0.849 bits per heavy atom. The zero-order chi connectivity index (χ0) is 36.7. The summed E-state index contributed by atoms with van der Waals surface area (Å²) in [6.45, 7) is 5.18. The van der Waals surface area contributed by atoms with Crippen molar-refractivity contribution in [1.82, 2.24) is 4.57 Å². The fourth-order valence-corrected chi connectivity index (χ4v) is 6.07. The van der Waals surface area contributed by atoms with Gasteiger partial charge in [0.15, 0.2) is 0 Å². The molecule has 0 fully saturated rings. The monoisotopic (exact) mass is 720 g/mol. The van der Waals surface area contributed by atoms with Gasteiger partial charge in [0.2, 0.25) is 0 Å². The molecule has 0 N–H and O–H groups in total. The molecule has 6 rings (SSSR count). The number of para-hydroxylation sites is 1. The third kappa shape index (κ3) is 9.87. The highest BCUT2D eigenvalue weighted by atomic mass is 16.6. The second-order valence-electron chi connectivity index (χ2n) is 12.1. The van der Waals surface area contributed by atoms with Gasteiger partial charge in [-0.25, -0.2) is 0 Å². The highest BCUT2D eigenvalue weighted by Gasteiger charge is 2.18. The van der Waals surface area contributed by atoms with Crippen molar-refractivity contribution in [2.75, 3.05) is 92.3 Å². The lowest BCUT2D eigenvalue weighted by molar-refractivity contribution is 0.0180. The summed E-state index contributed by atoms with van der Waals surface area (Å²) in [7, 11) is 4.99. The maximum absolute atomic E-state index is 5.96. The van der Waals surface area contributed by atoms with Crippen LogP contribution in [-0.2, 0) is 23.7 Å². The summed E-state index contributed by atoms with van der Waals surface area (Å²) in [5, 5.41) is 2.31. The van der Waals surface area contributed by atoms with Crippen LogP contribution in [0.4, 0.5) is 17.1 Å². The lowest BCUT2D eigenvalue weighted by atomic mass is 10.1. The van der Waals surface area contributed by atoms with Crippen LogP contribution >= 0.6 is 0 Å². The van der Waals surface area contributed by atoms with Crippen LogP contribution in [0, 0.1) is 0 Å². The fraction of sp³-hybridized carbons (Fsp3) is 0.302. The predicted molar refractivity (Wildman–Crippen MR) is 209 cm³/mol. The number of aromatic nitrogens is 1. The van der Waals surface area contributed by atoms with Gasteiger partial charge >= 0.3 is 0 Å². The number of hydrogen-bond donors (Lipinski definition) is 0. The summed E-state index contributed by atoms with van der Waals surface area (Å²) < 4.78 is 46.3. The first-order chi connectivity index (χ1) is 26.2. The molecule has 53 heavy (non-hydrogen) atoms. The molecule has 0 spiro atoms. The van der Waals surface area contributed by atoms with E-state index in [0.717, 1.165) is 61.8 Å². The summed E-state index contributed by atoms with van der Waals surface area (Å²) >= 11 is 0. The van der Waals surface area contributed by atoms with Gasteiger partial charge in [0, 0.05) is 54.9 Å². The molecule has 0 atom stereocenters. The van der Waals surface area contributed by atoms with Crippen LogP contribution in [0.1, 0.15) is 0 Å². The van der Waals surface area contributed by atoms with Crippen LogP contribution < -0.4 is 19.1 Å². The summed E-state index contributed by atoms with van der Waals surface area (Å²) in [6, 6.07) is 39.6. The highest BCUT2D eigenvalue weighted by Crippen LogP contribution is 2.40. The molecule has 0 aliphatic heterocycles. The topological polar surface area (TPSA) is 82.0 Å². The summed E-state index contributed by atoms with van der Waals surface area (Å²) in [5.74, 6) is 2.36. The number of anilines is 3. The number of methoxy groups -OCH3 is 3. The minimum Gasteiger partial charge on any atom is -0.491 e. The van der Waals surface area contributed by atoms with E-state index in [1.807, 2.05) is 36.4 Å². The molecule has 10 heteroatoms. The van der Waals surface area contributed by atoms with E-state index in [0.29, 0.717) is 66.1 Å². The predicted octanol–water partition coefficient (Wildman–Crippen LogP) is 8.36. The normalized spacial score (nSPS) is 11.3. The van der Waals surface area contributed by atoms with Crippen LogP contribution in [0.2, 0.25) is 0 Å². The Balaban J connectivity index is 1.26. The largest absolute Gasteiger partial charge is 0.491 e. The molecule has 0 saturated heterocycles. The molecule has 1 heterocycles. The molecule has 0 aliphatic rings. The van der Waals surface area contributed by atoms with E-state index in [1.54, 1.807) is 21.3 Å². The van der Waals surface area contributed by atoms with Crippen LogP contribution in [0.3, 0.4) is 0 Å². The highest BCUT2D eigenvalue weighted by molar-refractivity contribution is 6.10. The van der Waals surface area contributed by atoms with Gasteiger partial charge in [-0.2, -0.15) is 0 Å². The van der Waals surface area contributed by atoms with Gasteiger partial charge in [-0.1, -0.05) is 18.2 Å². The SMILES string of the molecule is COCCOCCOCCOc1ccc(-n2c3ccccc3c3cc(N(c4ccc(OCCOC)cc4)c4ccc(OCCOC)cc4)ccc32)cc1. The van der Waals surface area contributed by atoms with Crippen molar-refractivity contribution in [1.29, 1.82) is 0 Å². The van der Waals surface area contributed by atoms with Gasteiger partial charge < -0.3 is 47.4 Å². The molecule has 6 aromatic rings. The Bertz CT molecular complexity index is 1920. The number of fused-ring (bicyclic) bond motifs is 3. The van der Waals surface area contributed by atoms with E-state index in [1.165, 1.54) is 0 Å². The van der Waals surface area contributed by atoms with Gasteiger partial charge in [0.25, 0.3) is 0 Å². The van der Waals surface area contributed by atoms with E-state index in [4.69, 9.17) is 37.9 Å². The first kappa shape index (κ1) is 37.7. The van der Waals surface area contributed by atoms with Gasteiger partial charge in [0.1, 0.15) is 37.1 Å². The van der Waals surface area contributed by atoms with Gasteiger partial charge in [-0.05, 0) is 97.1 Å². The maximum atomic E-state index is 5.96. The number of hydrogen-bond acceptors (Lipinski definition) is 9. The lowest BCUT2D eigenvalue weighted by Gasteiger charge is -2.26. The smallest absolute Gasteiger partial charge is 0.119 e. The molecular weight excluding hydrogens is 672 g/mol. The first-order valence-electron chi connectivity index (χ1n) is 17.8. The van der Waals surface area contributed by atoms with Crippen molar-refractivity contribution in [2.45, 2.75) is 0 Å². The Morgan fingerprint density at radius 3 is 1.42 bits per heavy atom. The Labute approximate surface area is 311 Å². The quantitative estimate of drug-likeness (QED) is 0.0643. The van der Waals surface area contributed by atoms with Crippen molar-refractivity contribution in [3.05, 3.63) is 115 Å². The van der Waals surface area contributed by atoms with Crippen molar-refractivity contribution >= 4 is 38.9 Å². The first-order valence-corrected chi connectivity index (χ1v) is 17.8. The van der Waals surface area contributed by atoms with Crippen molar-refractivity contribution in [3.63, 3.8) is 0 Å². The Kier molecular flexibility index (Phi) is 14.0. The van der Waals surface area contributed by atoms with Gasteiger partial charge in [-0.3, -0.25) is 0 Å².